The lowest BCUT2D eigenvalue weighted by molar-refractivity contribution is -0.142. The molecule has 3 N–H and O–H groups in total. The van der Waals surface area contributed by atoms with Crippen molar-refractivity contribution in [3.63, 3.8) is 0 Å². The maximum absolute atomic E-state index is 12.7. The summed E-state index contributed by atoms with van der Waals surface area (Å²) in [7, 11) is 1.24. The van der Waals surface area contributed by atoms with Gasteiger partial charge >= 0.3 is 5.97 Å². The molecule has 0 heterocycles. The van der Waals surface area contributed by atoms with E-state index in [0.717, 1.165) is 24.0 Å². The minimum absolute atomic E-state index is 0.0423. The van der Waals surface area contributed by atoms with Gasteiger partial charge in [0.25, 0.3) is 5.91 Å². The van der Waals surface area contributed by atoms with Crippen molar-refractivity contribution in [1.29, 1.82) is 0 Å². The van der Waals surface area contributed by atoms with Gasteiger partial charge in [0.1, 0.15) is 17.5 Å². The molecule has 6 heteroatoms. The van der Waals surface area contributed by atoms with Crippen LogP contribution in [0.15, 0.2) is 29.9 Å². The highest BCUT2D eigenvalue weighted by atomic mass is 16.5. The Bertz CT molecular complexity index is 840. The van der Waals surface area contributed by atoms with E-state index in [2.05, 4.69) is 16.6 Å². The van der Waals surface area contributed by atoms with E-state index in [1.165, 1.54) is 20.1 Å². The summed E-state index contributed by atoms with van der Waals surface area (Å²) in [5, 5.41) is 24.1. The second-order valence-electron chi connectivity index (χ2n) is 7.60. The number of benzene rings is 1. The molecule has 0 saturated heterocycles. The van der Waals surface area contributed by atoms with E-state index in [0.29, 0.717) is 11.1 Å². The Labute approximate surface area is 165 Å². The van der Waals surface area contributed by atoms with E-state index in [1.54, 1.807) is 6.92 Å². The number of amides is 1. The Morgan fingerprint density at radius 2 is 1.96 bits per heavy atom. The first-order valence-electron chi connectivity index (χ1n) is 9.35. The molecule has 0 saturated carbocycles. The molecule has 6 nitrogen and oxygen atoms in total. The lowest BCUT2D eigenvalue weighted by atomic mass is 9.73. The third kappa shape index (κ3) is 4.21. The number of methoxy groups -OCH3 is 1. The number of hydrogen-bond donors (Lipinski definition) is 3. The van der Waals surface area contributed by atoms with Gasteiger partial charge in [-0.25, -0.2) is 4.79 Å². The number of carbonyl (C=O) groups is 2. The van der Waals surface area contributed by atoms with E-state index in [4.69, 9.17) is 0 Å². The summed E-state index contributed by atoms with van der Waals surface area (Å²) in [5.41, 5.74) is 2.89. The maximum atomic E-state index is 12.7. The van der Waals surface area contributed by atoms with Crippen LogP contribution in [0.2, 0.25) is 0 Å². The number of aromatic hydroxyl groups is 2. The van der Waals surface area contributed by atoms with Gasteiger partial charge in [-0.15, -0.1) is 0 Å². The molecule has 1 aromatic carbocycles. The van der Waals surface area contributed by atoms with Crippen LogP contribution in [-0.2, 0) is 9.53 Å². The number of rotatable bonds is 5. The van der Waals surface area contributed by atoms with E-state index in [1.807, 2.05) is 19.9 Å². The summed E-state index contributed by atoms with van der Waals surface area (Å²) < 4.78 is 4.63. The first-order valence-corrected chi connectivity index (χ1v) is 9.35. The summed E-state index contributed by atoms with van der Waals surface area (Å²) in [4.78, 5) is 24.4. The minimum Gasteiger partial charge on any atom is -0.507 e. The van der Waals surface area contributed by atoms with Gasteiger partial charge in [0, 0.05) is 11.5 Å². The highest BCUT2D eigenvalue weighted by Gasteiger charge is 2.33. The average molecular weight is 387 g/mol. The second kappa shape index (κ2) is 8.50. The number of ether oxygens (including phenoxy) is 1. The molecular weight excluding hydrogens is 358 g/mol. The molecule has 0 fully saturated rings. The second-order valence-corrected chi connectivity index (χ2v) is 7.60. The molecule has 1 aliphatic carbocycles. The van der Waals surface area contributed by atoms with Crippen LogP contribution in [0.25, 0.3) is 0 Å². The number of carbonyl (C=O) groups excluding carboxylic acids is 2. The highest BCUT2D eigenvalue weighted by Crippen LogP contribution is 2.47. The standard InChI is InChI=1S/C22H29NO5/c1-11(2)15-8-7-12(3)9-16(15)19-17(24)10-13(4)18(20(19)25)21(26)23-14(5)22(27)28-6/h9-10,14-16,24-25H,1,7-8H2,2-6H3,(H,23,26)/t14-,15?,16?/m0/s1. The molecule has 0 spiro atoms. The number of nitrogens with one attached hydrogen (secondary N) is 1. The van der Waals surface area contributed by atoms with Gasteiger partial charge in [-0.3, -0.25) is 4.79 Å². The number of esters is 1. The molecular formula is C22H29NO5. The van der Waals surface area contributed by atoms with Gasteiger partial charge in [-0.1, -0.05) is 23.8 Å². The quantitative estimate of drug-likeness (QED) is 0.529. The summed E-state index contributed by atoms with van der Waals surface area (Å²) in [6, 6.07) is 0.605. The van der Waals surface area contributed by atoms with Crippen LogP contribution in [0.4, 0.5) is 0 Å². The predicted molar refractivity (Wildman–Crippen MR) is 107 cm³/mol. The van der Waals surface area contributed by atoms with Gasteiger partial charge in [0.2, 0.25) is 0 Å². The van der Waals surface area contributed by atoms with Crippen LogP contribution in [0.3, 0.4) is 0 Å². The maximum Gasteiger partial charge on any atom is 0.328 e. The topological polar surface area (TPSA) is 95.9 Å². The molecule has 1 aliphatic rings. The predicted octanol–water partition coefficient (Wildman–Crippen LogP) is 3.71. The fourth-order valence-electron chi connectivity index (χ4n) is 3.82. The first-order chi connectivity index (χ1) is 13.1. The van der Waals surface area contributed by atoms with Crippen LogP contribution in [0.5, 0.6) is 11.5 Å². The van der Waals surface area contributed by atoms with Crippen molar-refractivity contribution in [3.05, 3.63) is 46.6 Å². The molecule has 2 unspecified atom stereocenters. The van der Waals surface area contributed by atoms with Gasteiger partial charge in [0.05, 0.1) is 12.7 Å². The van der Waals surface area contributed by atoms with Crippen molar-refractivity contribution in [1.82, 2.24) is 5.32 Å². The lowest BCUT2D eigenvalue weighted by Crippen LogP contribution is -2.39. The molecule has 2 rings (SSSR count). The Kier molecular flexibility index (Phi) is 6.54. The molecule has 0 radical (unpaired) electrons. The Balaban J connectivity index is 2.54. The van der Waals surface area contributed by atoms with E-state index in [-0.39, 0.29) is 28.9 Å². The molecule has 1 amide bonds. The number of phenolic OH excluding ortho intramolecular Hbond substituents is 2. The fraction of sp³-hybridized carbons (Fsp3) is 0.455. The first kappa shape index (κ1) is 21.5. The van der Waals surface area contributed by atoms with E-state index < -0.39 is 17.9 Å². The number of allylic oxidation sites excluding steroid dienone is 3. The van der Waals surface area contributed by atoms with E-state index >= 15 is 0 Å². The fourth-order valence-corrected chi connectivity index (χ4v) is 3.82. The Morgan fingerprint density at radius 1 is 1.32 bits per heavy atom. The van der Waals surface area contributed by atoms with Crippen molar-refractivity contribution in [2.75, 3.05) is 7.11 Å². The zero-order valence-corrected chi connectivity index (χ0v) is 17.1. The molecule has 1 aromatic rings. The van der Waals surface area contributed by atoms with Crippen LogP contribution >= 0.6 is 0 Å². The highest BCUT2D eigenvalue weighted by molar-refractivity contribution is 6.01. The molecule has 28 heavy (non-hydrogen) atoms. The Hall–Kier alpha value is -2.76. The van der Waals surface area contributed by atoms with Crippen LogP contribution < -0.4 is 5.32 Å². The SMILES string of the molecule is C=C(C)C1CCC(C)=CC1c1c(O)cc(C)c(C(=O)N[C@@H](C)C(=O)OC)c1O. The smallest absolute Gasteiger partial charge is 0.328 e. The van der Waals surface area contributed by atoms with Crippen molar-refractivity contribution < 1.29 is 24.5 Å². The molecule has 152 valence electrons. The van der Waals surface area contributed by atoms with Gasteiger partial charge in [-0.05, 0) is 58.1 Å². The average Bonchev–Trinajstić information content (AvgIpc) is 2.60. The van der Waals surface area contributed by atoms with Crippen LogP contribution in [0, 0.1) is 12.8 Å². The van der Waals surface area contributed by atoms with Crippen molar-refractivity contribution in [2.45, 2.75) is 52.5 Å². The molecule has 0 aliphatic heterocycles. The monoisotopic (exact) mass is 387 g/mol. The summed E-state index contributed by atoms with van der Waals surface area (Å²) in [6.07, 6.45) is 3.80. The summed E-state index contributed by atoms with van der Waals surface area (Å²) >= 11 is 0. The van der Waals surface area contributed by atoms with Gasteiger partial charge < -0.3 is 20.3 Å². The van der Waals surface area contributed by atoms with Crippen LogP contribution in [0.1, 0.15) is 61.0 Å². The molecule has 0 aromatic heterocycles. The van der Waals surface area contributed by atoms with Crippen LogP contribution in [-0.4, -0.2) is 35.2 Å². The number of hydrogen-bond acceptors (Lipinski definition) is 5. The van der Waals surface area contributed by atoms with E-state index in [9.17, 15) is 19.8 Å². The third-order valence-electron chi connectivity index (χ3n) is 5.36. The van der Waals surface area contributed by atoms with Gasteiger partial charge in [0.15, 0.2) is 0 Å². The normalized spacial score (nSPS) is 20.1. The zero-order valence-electron chi connectivity index (χ0n) is 17.1. The number of phenols is 2. The lowest BCUT2D eigenvalue weighted by Gasteiger charge is -2.32. The molecule has 3 atom stereocenters. The van der Waals surface area contributed by atoms with Gasteiger partial charge in [-0.2, -0.15) is 0 Å². The number of aryl methyl sites for hydroxylation is 1. The van der Waals surface area contributed by atoms with Crippen molar-refractivity contribution in [2.24, 2.45) is 5.92 Å². The largest absolute Gasteiger partial charge is 0.507 e. The zero-order chi connectivity index (χ0) is 21.2. The van der Waals surface area contributed by atoms with Crippen molar-refractivity contribution in [3.8, 4) is 11.5 Å². The molecule has 0 bridgehead atoms. The van der Waals surface area contributed by atoms with Crippen molar-refractivity contribution >= 4 is 11.9 Å². The minimum atomic E-state index is -0.867. The Morgan fingerprint density at radius 3 is 2.54 bits per heavy atom. The summed E-state index contributed by atoms with van der Waals surface area (Å²) in [5.74, 6) is -1.75. The summed E-state index contributed by atoms with van der Waals surface area (Å²) in [6.45, 7) is 11.1. The third-order valence-corrected chi connectivity index (χ3v) is 5.36.